The predicted octanol–water partition coefficient (Wildman–Crippen LogP) is 3.04. The second-order valence-corrected chi connectivity index (χ2v) is 5.62. The molecule has 0 amide bonds. The van der Waals surface area contributed by atoms with Crippen molar-refractivity contribution in [3.05, 3.63) is 24.3 Å². The van der Waals surface area contributed by atoms with Crippen LogP contribution in [0.5, 0.6) is 5.75 Å². The molecule has 1 aromatic carbocycles. The number of piperidine rings is 1. The summed E-state index contributed by atoms with van der Waals surface area (Å²) in [7, 11) is 0. The number of nitrogens with zero attached hydrogens (tertiary/aromatic N) is 1. The third-order valence-corrected chi connectivity index (χ3v) is 3.97. The summed E-state index contributed by atoms with van der Waals surface area (Å²) >= 11 is 0. The zero-order valence-electron chi connectivity index (χ0n) is 12.1. The molecule has 2 rings (SSSR count). The van der Waals surface area contributed by atoms with E-state index in [-0.39, 0.29) is 0 Å². The van der Waals surface area contributed by atoms with Crippen LogP contribution >= 0.6 is 0 Å². The largest absolute Gasteiger partial charge is 0.491 e. The smallest absolute Gasteiger partial charge is 0.142 e. The summed E-state index contributed by atoms with van der Waals surface area (Å²) in [6.07, 6.45) is 3.29. The van der Waals surface area contributed by atoms with Crippen molar-refractivity contribution >= 4 is 5.69 Å². The summed E-state index contributed by atoms with van der Waals surface area (Å²) < 4.78 is 6.00. The van der Waals surface area contributed by atoms with Gasteiger partial charge in [-0.05, 0) is 30.9 Å². The van der Waals surface area contributed by atoms with Gasteiger partial charge in [0.15, 0.2) is 0 Å². The second-order valence-electron chi connectivity index (χ2n) is 5.62. The monoisotopic (exact) mass is 262 g/mol. The van der Waals surface area contributed by atoms with E-state index in [1.54, 1.807) is 0 Å². The highest BCUT2D eigenvalue weighted by Gasteiger charge is 2.19. The molecule has 0 radical (unpaired) electrons. The Morgan fingerprint density at radius 1 is 1.32 bits per heavy atom. The van der Waals surface area contributed by atoms with E-state index in [0.717, 1.165) is 44.7 Å². The first-order chi connectivity index (χ1) is 9.20. The number of ether oxygens (including phenoxy) is 1. The highest BCUT2D eigenvalue weighted by atomic mass is 16.5. The highest BCUT2D eigenvalue weighted by Crippen LogP contribution is 2.30. The van der Waals surface area contributed by atoms with Gasteiger partial charge in [0.1, 0.15) is 5.75 Å². The van der Waals surface area contributed by atoms with E-state index in [9.17, 15) is 0 Å². The Balaban J connectivity index is 2.03. The van der Waals surface area contributed by atoms with Crippen LogP contribution in [0.2, 0.25) is 0 Å². The molecule has 1 aromatic rings. The molecule has 1 unspecified atom stereocenters. The summed E-state index contributed by atoms with van der Waals surface area (Å²) in [5, 5.41) is 0. The van der Waals surface area contributed by atoms with E-state index < -0.39 is 0 Å². The topological polar surface area (TPSA) is 38.5 Å². The van der Waals surface area contributed by atoms with Crippen molar-refractivity contribution in [2.24, 2.45) is 11.7 Å². The summed E-state index contributed by atoms with van der Waals surface area (Å²) in [6, 6.07) is 8.73. The van der Waals surface area contributed by atoms with Gasteiger partial charge in [0, 0.05) is 19.1 Å². The minimum atomic E-state index is 0.365. The average molecular weight is 262 g/mol. The Hall–Kier alpha value is -1.22. The Morgan fingerprint density at radius 3 is 2.68 bits per heavy atom. The summed E-state index contributed by atoms with van der Waals surface area (Å²) in [6.45, 7) is 7.28. The Kier molecular flexibility index (Phi) is 5.08. The number of benzene rings is 1. The van der Waals surface area contributed by atoms with Gasteiger partial charge < -0.3 is 15.4 Å². The summed E-state index contributed by atoms with van der Waals surface area (Å²) in [4.78, 5) is 2.40. The molecule has 1 aliphatic rings. The van der Waals surface area contributed by atoms with Crippen LogP contribution < -0.4 is 15.4 Å². The van der Waals surface area contributed by atoms with Gasteiger partial charge in [0.2, 0.25) is 0 Å². The first kappa shape index (κ1) is 14.2. The van der Waals surface area contributed by atoms with E-state index in [1.165, 1.54) is 5.69 Å². The zero-order chi connectivity index (χ0) is 13.7. The van der Waals surface area contributed by atoms with Crippen molar-refractivity contribution in [3.8, 4) is 5.75 Å². The number of hydrogen-bond acceptors (Lipinski definition) is 3. The molecule has 106 valence electrons. The molecule has 0 aromatic heterocycles. The van der Waals surface area contributed by atoms with Crippen LogP contribution in [0.4, 0.5) is 5.69 Å². The summed E-state index contributed by atoms with van der Waals surface area (Å²) in [5.41, 5.74) is 7.19. The highest BCUT2D eigenvalue weighted by molar-refractivity contribution is 5.58. The Morgan fingerprint density at radius 2 is 2.00 bits per heavy atom. The van der Waals surface area contributed by atoms with Crippen LogP contribution in [0.25, 0.3) is 0 Å². The standard InChI is InChI=1S/C16H26N2O/c1-3-13(2)12-19-16-7-5-4-6-15(16)18-10-8-14(17)9-11-18/h4-7,13-14H,3,8-12,17H2,1-2H3. The molecule has 1 fully saturated rings. The van der Waals surface area contributed by atoms with E-state index in [1.807, 2.05) is 6.07 Å². The van der Waals surface area contributed by atoms with Gasteiger partial charge in [-0.25, -0.2) is 0 Å². The number of nitrogens with two attached hydrogens (primary N) is 1. The van der Waals surface area contributed by atoms with Gasteiger partial charge in [0.25, 0.3) is 0 Å². The van der Waals surface area contributed by atoms with Crippen LogP contribution in [0.15, 0.2) is 24.3 Å². The first-order valence-electron chi connectivity index (χ1n) is 7.43. The molecule has 2 N–H and O–H groups in total. The molecule has 3 heteroatoms. The summed E-state index contributed by atoms with van der Waals surface area (Å²) in [5.74, 6) is 1.61. The van der Waals surface area contributed by atoms with Crippen LogP contribution in [0.3, 0.4) is 0 Å². The maximum atomic E-state index is 6.00. The van der Waals surface area contributed by atoms with Crippen molar-refractivity contribution in [1.29, 1.82) is 0 Å². The molecular formula is C16H26N2O. The lowest BCUT2D eigenvalue weighted by molar-refractivity contribution is 0.256. The number of anilines is 1. The molecule has 0 spiro atoms. The second kappa shape index (κ2) is 6.80. The predicted molar refractivity (Wildman–Crippen MR) is 80.8 cm³/mol. The number of rotatable bonds is 5. The molecule has 1 saturated heterocycles. The van der Waals surface area contributed by atoms with Crippen LogP contribution in [-0.4, -0.2) is 25.7 Å². The van der Waals surface area contributed by atoms with Crippen LogP contribution in [0, 0.1) is 5.92 Å². The van der Waals surface area contributed by atoms with Gasteiger partial charge in [0.05, 0.1) is 12.3 Å². The molecule has 1 heterocycles. The van der Waals surface area contributed by atoms with Crippen molar-refractivity contribution in [1.82, 2.24) is 0 Å². The van der Waals surface area contributed by atoms with Crippen molar-refractivity contribution in [3.63, 3.8) is 0 Å². The van der Waals surface area contributed by atoms with Gasteiger partial charge in [-0.15, -0.1) is 0 Å². The maximum Gasteiger partial charge on any atom is 0.142 e. The fourth-order valence-corrected chi connectivity index (χ4v) is 2.33. The molecule has 0 bridgehead atoms. The lowest BCUT2D eigenvalue weighted by atomic mass is 10.1. The lowest BCUT2D eigenvalue weighted by Crippen LogP contribution is -2.39. The molecule has 0 aliphatic carbocycles. The van der Waals surface area contributed by atoms with Crippen molar-refractivity contribution in [2.45, 2.75) is 39.2 Å². The van der Waals surface area contributed by atoms with Crippen molar-refractivity contribution < 1.29 is 4.74 Å². The van der Waals surface area contributed by atoms with Gasteiger partial charge >= 0.3 is 0 Å². The lowest BCUT2D eigenvalue weighted by Gasteiger charge is -2.33. The van der Waals surface area contributed by atoms with Gasteiger partial charge in [-0.3, -0.25) is 0 Å². The van der Waals surface area contributed by atoms with Gasteiger partial charge in [-0.2, -0.15) is 0 Å². The third kappa shape index (κ3) is 3.87. The Labute approximate surface area is 116 Å². The minimum absolute atomic E-state index is 0.365. The third-order valence-electron chi connectivity index (χ3n) is 3.97. The maximum absolute atomic E-state index is 6.00. The average Bonchev–Trinajstić information content (AvgIpc) is 2.46. The molecule has 3 nitrogen and oxygen atoms in total. The molecule has 0 saturated carbocycles. The van der Waals surface area contributed by atoms with Crippen LogP contribution in [0.1, 0.15) is 33.1 Å². The molecule has 19 heavy (non-hydrogen) atoms. The minimum Gasteiger partial charge on any atom is -0.491 e. The van der Waals surface area contributed by atoms with Gasteiger partial charge in [-0.1, -0.05) is 32.4 Å². The van der Waals surface area contributed by atoms with E-state index in [2.05, 4.69) is 36.9 Å². The SMILES string of the molecule is CCC(C)COc1ccccc1N1CCC(N)CC1. The van der Waals surface area contributed by atoms with E-state index >= 15 is 0 Å². The van der Waals surface area contributed by atoms with Crippen LogP contribution in [-0.2, 0) is 0 Å². The number of para-hydroxylation sites is 2. The quantitative estimate of drug-likeness (QED) is 0.886. The van der Waals surface area contributed by atoms with E-state index in [0.29, 0.717) is 12.0 Å². The first-order valence-corrected chi connectivity index (χ1v) is 7.43. The normalized spacial score (nSPS) is 18.4. The molecule has 1 aliphatic heterocycles. The molecule has 1 atom stereocenters. The van der Waals surface area contributed by atoms with E-state index in [4.69, 9.17) is 10.5 Å². The number of hydrogen-bond donors (Lipinski definition) is 1. The fourth-order valence-electron chi connectivity index (χ4n) is 2.33. The Bertz CT molecular complexity index is 386. The fraction of sp³-hybridized carbons (Fsp3) is 0.625. The molecular weight excluding hydrogens is 236 g/mol. The van der Waals surface area contributed by atoms with Crippen molar-refractivity contribution in [2.75, 3.05) is 24.6 Å². The zero-order valence-corrected chi connectivity index (χ0v) is 12.1.